The average Bonchev–Trinajstić information content (AvgIpc) is 3.02. The van der Waals surface area contributed by atoms with Gasteiger partial charge in [-0.05, 0) is 30.3 Å². The number of hydrogen-bond acceptors (Lipinski definition) is 6. The second-order valence-corrected chi connectivity index (χ2v) is 7.26. The molecule has 0 saturated carbocycles. The van der Waals surface area contributed by atoms with Crippen molar-refractivity contribution in [2.75, 3.05) is 6.26 Å². The number of benzene rings is 1. The van der Waals surface area contributed by atoms with Crippen LogP contribution in [0, 0.1) is 11.6 Å². The van der Waals surface area contributed by atoms with E-state index in [9.17, 15) is 30.4 Å². The molecule has 0 atom stereocenters. The fourth-order valence-corrected chi connectivity index (χ4v) is 2.54. The van der Waals surface area contributed by atoms with Gasteiger partial charge in [-0.25, -0.2) is 22.2 Å². The zero-order valence-corrected chi connectivity index (χ0v) is 14.1. The van der Waals surface area contributed by atoms with Crippen molar-refractivity contribution < 1.29 is 30.4 Å². The highest BCUT2D eigenvalue weighted by atomic mass is 32.2. The summed E-state index contributed by atoms with van der Waals surface area (Å²) in [4.78, 5) is 3.32. The molecular formula is C14H8F5N5O2S. The monoisotopic (exact) mass is 405 g/mol. The molecule has 0 saturated heterocycles. The number of alkyl halides is 3. The molecule has 0 aliphatic heterocycles. The molecule has 142 valence electrons. The maximum Gasteiger partial charge on any atom is 0.453 e. The Bertz CT molecular complexity index is 1110. The molecule has 2 heterocycles. The highest BCUT2D eigenvalue weighted by molar-refractivity contribution is 7.90. The van der Waals surface area contributed by atoms with Crippen molar-refractivity contribution in [1.82, 2.24) is 25.0 Å². The maximum atomic E-state index is 13.5. The van der Waals surface area contributed by atoms with Crippen LogP contribution in [0.4, 0.5) is 22.0 Å². The molecule has 0 radical (unpaired) electrons. The van der Waals surface area contributed by atoms with Crippen LogP contribution in [-0.4, -0.2) is 39.6 Å². The first kappa shape index (κ1) is 18.8. The summed E-state index contributed by atoms with van der Waals surface area (Å²) < 4.78 is 89.0. The van der Waals surface area contributed by atoms with Crippen LogP contribution < -0.4 is 0 Å². The molecule has 0 aliphatic rings. The molecule has 0 aliphatic carbocycles. The topological polar surface area (TPSA) is 90.6 Å². The van der Waals surface area contributed by atoms with Gasteiger partial charge in [-0.3, -0.25) is 0 Å². The lowest BCUT2D eigenvalue weighted by molar-refractivity contribution is -0.144. The number of sulfone groups is 1. The summed E-state index contributed by atoms with van der Waals surface area (Å²) in [5.74, 6) is -4.82. The predicted molar refractivity (Wildman–Crippen MR) is 80.4 cm³/mol. The highest BCUT2D eigenvalue weighted by Crippen LogP contribution is 2.30. The van der Waals surface area contributed by atoms with Crippen LogP contribution in [0.1, 0.15) is 5.82 Å². The molecule has 27 heavy (non-hydrogen) atoms. The van der Waals surface area contributed by atoms with Gasteiger partial charge < -0.3 is 0 Å². The molecule has 7 nitrogen and oxygen atoms in total. The van der Waals surface area contributed by atoms with Gasteiger partial charge in [-0.15, -0.1) is 15.3 Å². The molecule has 0 N–H and O–H groups in total. The first-order valence-corrected chi connectivity index (χ1v) is 8.90. The van der Waals surface area contributed by atoms with E-state index in [1.54, 1.807) is 0 Å². The van der Waals surface area contributed by atoms with Crippen molar-refractivity contribution >= 4 is 9.84 Å². The second-order valence-electron chi connectivity index (χ2n) is 5.30. The Kier molecular flexibility index (Phi) is 4.41. The predicted octanol–water partition coefficient (Wildman–Crippen LogP) is 2.42. The summed E-state index contributed by atoms with van der Waals surface area (Å²) in [7, 11) is -3.68. The lowest BCUT2D eigenvalue weighted by Gasteiger charge is -2.05. The zero-order valence-electron chi connectivity index (χ0n) is 13.2. The molecule has 0 bridgehead atoms. The Morgan fingerprint density at radius 1 is 1.00 bits per heavy atom. The van der Waals surface area contributed by atoms with E-state index in [1.807, 2.05) is 0 Å². The van der Waals surface area contributed by atoms with E-state index >= 15 is 0 Å². The lowest BCUT2D eigenvalue weighted by Crippen LogP contribution is -2.10. The van der Waals surface area contributed by atoms with Gasteiger partial charge >= 0.3 is 6.18 Å². The van der Waals surface area contributed by atoms with Gasteiger partial charge in [0.05, 0.1) is 0 Å². The third kappa shape index (κ3) is 3.77. The number of nitrogens with zero attached hydrogens (tertiary/aromatic N) is 5. The Morgan fingerprint density at radius 3 is 2.22 bits per heavy atom. The minimum Gasteiger partial charge on any atom is -0.222 e. The quantitative estimate of drug-likeness (QED) is 0.622. The summed E-state index contributed by atoms with van der Waals surface area (Å²) in [5.41, 5.74) is -0.203. The van der Waals surface area contributed by atoms with E-state index in [2.05, 4.69) is 20.3 Å². The second kappa shape index (κ2) is 6.33. The van der Waals surface area contributed by atoms with Gasteiger partial charge in [0.15, 0.2) is 38.1 Å². The van der Waals surface area contributed by atoms with Crippen molar-refractivity contribution in [3.63, 3.8) is 0 Å². The van der Waals surface area contributed by atoms with E-state index in [0.717, 1.165) is 30.5 Å². The standard InChI is InChI=1S/C14H8F5N5O2S/c1-27(25,26)11-5-4-10(21-22-11)24-12(20-13(23-24)14(17,18)19)7-2-3-8(15)9(16)6-7/h2-6H,1H3. The molecule has 3 aromatic rings. The molecule has 0 amide bonds. The van der Waals surface area contributed by atoms with Crippen molar-refractivity contribution in [1.29, 1.82) is 0 Å². The zero-order chi connectivity index (χ0) is 20.0. The maximum absolute atomic E-state index is 13.5. The van der Waals surface area contributed by atoms with E-state index in [0.29, 0.717) is 10.7 Å². The van der Waals surface area contributed by atoms with E-state index in [4.69, 9.17) is 0 Å². The average molecular weight is 405 g/mol. The van der Waals surface area contributed by atoms with Gasteiger partial charge in [0.2, 0.25) is 0 Å². The molecule has 3 rings (SSSR count). The molecule has 2 aromatic heterocycles. The molecular weight excluding hydrogens is 397 g/mol. The molecule has 0 fully saturated rings. The van der Waals surface area contributed by atoms with E-state index in [-0.39, 0.29) is 11.4 Å². The van der Waals surface area contributed by atoms with Gasteiger partial charge in [0.25, 0.3) is 5.82 Å². The Balaban J connectivity index is 2.19. The summed E-state index contributed by atoms with van der Waals surface area (Å²) in [6, 6.07) is 4.45. The molecule has 0 unspecified atom stereocenters. The first-order valence-electron chi connectivity index (χ1n) is 7.00. The van der Waals surface area contributed by atoms with Crippen molar-refractivity contribution in [3.8, 4) is 17.2 Å². The van der Waals surface area contributed by atoms with E-state index < -0.39 is 44.3 Å². The molecule has 1 aromatic carbocycles. The smallest absolute Gasteiger partial charge is 0.222 e. The minimum absolute atomic E-state index is 0.203. The van der Waals surface area contributed by atoms with Crippen LogP contribution in [0.25, 0.3) is 17.2 Å². The Morgan fingerprint density at radius 2 is 1.70 bits per heavy atom. The lowest BCUT2D eigenvalue weighted by atomic mass is 10.2. The van der Waals surface area contributed by atoms with Crippen molar-refractivity contribution in [2.24, 2.45) is 0 Å². The third-order valence-corrected chi connectivity index (χ3v) is 4.24. The van der Waals surface area contributed by atoms with Crippen LogP contribution in [0.5, 0.6) is 0 Å². The number of rotatable bonds is 3. The summed E-state index contributed by atoms with van der Waals surface area (Å²) in [6.45, 7) is 0. The fraction of sp³-hybridized carbons (Fsp3) is 0.143. The van der Waals surface area contributed by atoms with E-state index in [1.165, 1.54) is 0 Å². The van der Waals surface area contributed by atoms with Crippen molar-refractivity contribution in [3.05, 3.63) is 47.8 Å². The number of halogens is 5. The SMILES string of the molecule is CS(=O)(=O)c1ccc(-n2nc(C(F)(F)F)nc2-c2ccc(F)c(F)c2)nn1. The van der Waals surface area contributed by atoms with Crippen LogP contribution >= 0.6 is 0 Å². The molecule has 0 spiro atoms. The third-order valence-electron chi connectivity index (χ3n) is 3.26. The van der Waals surface area contributed by atoms with Crippen LogP contribution in [0.2, 0.25) is 0 Å². The molecule has 13 heteroatoms. The van der Waals surface area contributed by atoms with Crippen LogP contribution in [0.15, 0.2) is 35.4 Å². The number of hydrogen-bond donors (Lipinski definition) is 0. The highest BCUT2D eigenvalue weighted by Gasteiger charge is 2.37. The van der Waals surface area contributed by atoms with Gasteiger partial charge in [-0.2, -0.15) is 17.9 Å². The normalized spacial score (nSPS) is 12.4. The minimum atomic E-state index is -4.92. The van der Waals surface area contributed by atoms with Crippen LogP contribution in [-0.2, 0) is 16.0 Å². The number of aromatic nitrogens is 5. The van der Waals surface area contributed by atoms with Gasteiger partial charge in [0.1, 0.15) is 0 Å². The summed E-state index contributed by atoms with van der Waals surface area (Å²) in [6.07, 6.45) is -4.04. The Hall–Kier alpha value is -2.96. The summed E-state index contributed by atoms with van der Waals surface area (Å²) in [5, 5.41) is 9.83. The fourth-order valence-electron chi connectivity index (χ4n) is 2.04. The van der Waals surface area contributed by atoms with Gasteiger partial charge in [-0.1, -0.05) is 0 Å². The van der Waals surface area contributed by atoms with Crippen molar-refractivity contribution in [2.45, 2.75) is 11.2 Å². The largest absolute Gasteiger partial charge is 0.453 e. The van der Waals surface area contributed by atoms with Gasteiger partial charge in [0, 0.05) is 11.8 Å². The summed E-state index contributed by atoms with van der Waals surface area (Å²) >= 11 is 0. The van der Waals surface area contributed by atoms with Crippen LogP contribution in [0.3, 0.4) is 0 Å². The Labute approximate surface area is 148 Å². The first-order chi connectivity index (χ1) is 12.5.